The van der Waals surface area contributed by atoms with Crippen LogP contribution in [0.4, 0.5) is 0 Å². The maximum absolute atomic E-state index is 11.6. The Morgan fingerprint density at radius 1 is 1.61 bits per heavy atom. The van der Waals surface area contributed by atoms with E-state index in [1.165, 1.54) is 6.07 Å². The Morgan fingerprint density at radius 3 is 2.94 bits per heavy atom. The number of ether oxygens (including phenoxy) is 1. The summed E-state index contributed by atoms with van der Waals surface area (Å²) in [5.41, 5.74) is 0.311. The molecule has 1 aromatic carbocycles. The van der Waals surface area contributed by atoms with Crippen molar-refractivity contribution in [3.05, 3.63) is 41.4 Å². The number of amides is 1. The van der Waals surface area contributed by atoms with Gasteiger partial charge in [-0.2, -0.15) is 0 Å². The molecule has 1 N–H and O–H groups in total. The molecule has 1 rings (SSSR count). The van der Waals surface area contributed by atoms with Crippen molar-refractivity contribution in [2.75, 3.05) is 6.54 Å². The van der Waals surface area contributed by atoms with E-state index < -0.39 is 6.10 Å². The summed E-state index contributed by atoms with van der Waals surface area (Å²) in [5, 5.41) is 3.04. The summed E-state index contributed by atoms with van der Waals surface area (Å²) < 4.78 is 5.41. The van der Waals surface area contributed by atoms with Crippen LogP contribution < -0.4 is 10.1 Å². The van der Waals surface area contributed by atoms with Crippen LogP contribution in [-0.4, -0.2) is 24.8 Å². The van der Waals surface area contributed by atoms with Crippen molar-refractivity contribution in [3.63, 3.8) is 0 Å². The molecule has 1 unspecified atom stereocenters. The lowest BCUT2D eigenvalue weighted by Crippen LogP contribution is -2.36. The molecular weight excluding hydrogens is 254 g/mol. The van der Waals surface area contributed by atoms with Gasteiger partial charge in [-0.05, 0) is 25.1 Å². The Hall–Kier alpha value is -1.81. The van der Waals surface area contributed by atoms with Crippen LogP contribution in [0.2, 0.25) is 5.02 Å². The molecule has 0 radical (unpaired) electrons. The number of rotatable bonds is 6. The second kappa shape index (κ2) is 6.81. The standard InChI is InChI=1S/C13H14ClNO3/c1-3-6-15-13(17)9(2)18-12-5-4-11(14)7-10(12)8-16/h3-5,7-9H,1,6H2,2H3,(H,15,17). The quantitative estimate of drug-likeness (QED) is 0.635. The molecule has 0 bridgehead atoms. The summed E-state index contributed by atoms with van der Waals surface area (Å²) in [6, 6.07) is 4.64. The average Bonchev–Trinajstić information content (AvgIpc) is 2.37. The van der Waals surface area contributed by atoms with Crippen LogP contribution in [0.3, 0.4) is 0 Å². The molecule has 0 heterocycles. The molecule has 0 saturated carbocycles. The second-order valence-electron chi connectivity index (χ2n) is 3.59. The largest absolute Gasteiger partial charge is 0.480 e. The lowest BCUT2D eigenvalue weighted by Gasteiger charge is -2.15. The average molecular weight is 268 g/mol. The number of hydrogen-bond acceptors (Lipinski definition) is 3. The Morgan fingerprint density at radius 2 is 2.33 bits per heavy atom. The first-order valence-electron chi connectivity index (χ1n) is 5.38. The minimum atomic E-state index is -0.704. The Labute approximate surface area is 111 Å². The maximum Gasteiger partial charge on any atom is 0.261 e. The fourth-order valence-electron chi connectivity index (χ4n) is 1.28. The molecule has 96 valence electrons. The Bertz CT molecular complexity index is 460. The Balaban J connectivity index is 2.74. The van der Waals surface area contributed by atoms with Crippen LogP contribution in [0.5, 0.6) is 5.75 Å². The van der Waals surface area contributed by atoms with Gasteiger partial charge in [-0.15, -0.1) is 6.58 Å². The fourth-order valence-corrected chi connectivity index (χ4v) is 1.46. The third-order valence-electron chi connectivity index (χ3n) is 2.19. The van der Waals surface area contributed by atoms with E-state index in [1.807, 2.05) is 0 Å². The van der Waals surface area contributed by atoms with Gasteiger partial charge in [-0.1, -0.05) is 17.7 Å². The Kier molecular flexibility index (Phi) is 5.39. The number of halogens is 1. The molecule has 5 heteroatoms. The van der Waals surface area contributed by atoms with Crippen molar-refractivity contribution < 1.29 is 14.3 Å². The highest BCUT2D eigenvalue weighted by Gasteiger charge is 2.15. The summed E-state index contributed by atoms with van der Waals surface area (Å²) >= 11 is 5.76. The van der Waals surface area contributed by atoms with Gasteiger partial charge < -0.3 is 10.1 Å². The zero-order chi connectivity index (χ0) is 13.5. The molecule has 0 aliphatic rings. The van der Waals surface area contributed by atoms with Gasteiger partial charge in [-0.3, -0.25) is 9.59 Å². The van der Waals surface area contributed by atoms with Gasteiger partial charge in [0.05, 0.1) is 5.56 Å². The highest BCUT2D eigenvalue weighted by Crippen LogP contribution is 2.22. The van der Waals surface area contributed by atoms with E-state index in [-0.39, 0.29) is 5.91 Å². The fraction of sp³-hybridized carbons (Fsp3) is 0.231. The highest BCUT2D eigenvalue weighted by molar-refractivity contribution is 6.30. The minimum Gasteiger partial charge on any atom is -0.480 e. The van der Waals surface area contributed by atoms with E-state index in [1.54, 1.807) is 25.1 Å². The molecule has 0 fully saturated rings. The van der Waals surface area contributed by atoms with E-state index >= 15 is 0 Å². The molecule has 0 aliphatic heterocycles. The summed E-state index contributed by atoms with van der Waals surface area (Å²) in [4.78, 5) is 22.4. The number of nitrogens with one attached hydrogen (secondary N) is 1. The number of benzene rings is 1. The van der Waals surface area contributed by atoms with E-state index in [4.69, 9.17) is 16.3 Å². The second-order valence-corrected chi connectivity index (χ2v) is 4.03. The van der Waals surface area contributed by atoms with Gasteiger partial charge >= 0.3 is 0 Å². The van der Waals surface area contributed by atoms with Gasteiger partial charge in [0.1, 0.15) is 5.75 Å². The normalized spacial score (nSPS) is 11.4. The first-order chi connectivity index (χ1) is 8.58. The minimum absolute atomic E-state index is 0.276. The first-order valence-corrected chi connectivity index (χ1v) is 5.76. The number of hydrogen-bond donors (Lipinski definition) is 1. The molecule has 0 aliphatic carbocycles. The summed E-state index contributed by atoms with van der Waals surface area (Å²) in [7, 11) is 0. The lowest BCUT2D eigenvalue weighted by atomic mass is 10.2. The van der Waals surface area contributed by atoms with Crippen molar-refractivity contribution in [1.29, 1.82) is 0 Å². The van der Waals surface area contributed by atoms with Gasteiger partial charge in [0.25, 0.3) is 5.91 Å². The third kappa shape index (κ3) is 3.89. The van der Waals surface area contributed by atoms with Crippen molar-refractivity contribution in [3.8, 4) is 5.75 Å². The molecular formula is C13H14ClNO3. The molecule has 0 saturated heterocycles. The molecule has 1 aromatic rings. The van der Waals surface area contributed by atoms with E-state index in [0.717, 1.165) is 0 Å². The third-order valence-corrected chi connectivity index (χ3v) is 2.43. The van der Waals surface area contributed by atoms with Crippen molar-refractivity contribution >= 4 is 23.8 Å². The monoisotopic (exact) mass is 267 g/mol. The van der Waals surface area contributed by atoms with Crippen LogP contribution in [-0.2, 0) is 4.79 Å². The SMILES string of the molecule is C=CCNC(=O)C(C)Oc1ccc(Cl)cc1C=O. The van der Waals surface area contributed by atoms with Crippen LogP contribution in [0.25, 0.3) is 0 Å². The van der Waals surface area contributed by atoms with Crippen molar-refractivity contribution in [2.45, 2.75) is 13.0 Å². The zero-order valence-corrected chi connectivity index (χ0v) is 10.7. The van der Waals surface area contributed by atoms with Gasteiger partial charge in [0.2, 0.25) is 0 Å². The number of carbonyl (C=O) groups is 2. The first kappa shape index (κ1) is 14.3. The lowest BCUT2D eigenvalue weighted by molar-refractivity contribution is -0.127. The number of carbonyl (C=O) groups excluding carboxylic acids is 2. The molecule has 18 heavy (non-hydrogen) atoms. The van der Waals surface area contributed by atoms with Crippen molar-refractivity contribution in [2.24, 2.45) is 0 Å². The van der Waals surface area contributed by atoms with E-state index in [9.17, 15) is 9.59 Å². The highest BCUT2D eigenvalue weighted by atomic mass is 35.5. The molecule has 4 nitrogen and oxygen atoms in total. The van der Waals surface area contributed by atoms with Gasteiger partial charge in [-0.25, -0.2) is 0 Å². The van der Waals surface area contributed by atoms with Crippen LogP contribution in [0, 0.1) is 0 Å². The maximum atomic E-state index is 11.6. The van der Waals surface area contributed by atoms with E-state index in [2.05, 4.69) is 11.9 Å². The summed E-state index contributed by atoms with van der Waals surface area (Å²) in [5.74, 6) is 0.0531. The smallest absolute Gasteiger partial charge is 0.261 e. The predicted octanol–water partition coefficient (Wildman–Crippen LogP) is 2.22. The molecule has 0 aromatic heterocycles. The number of aldehydes is 1. The summed E-state index contributed by atoms with van der Waals surface area (Å²) in [6.07, 6.45) is 1.50. The van der Waals surface area contributed by atoms with Gasteiger partial charge in [0, 0.05) is 11.6 Å². The topological polar surface area (TPSA) is 55.4 Å². The van der Waals surface area contributed by atoms with Crippen molar-refractivity contribution in [1.82, 2.24) is 5.32 Å². The van der Waals surface area contributed by atoms with Crippen LogP contribution in [0.15, 0.2) is 30.9 Å². The van der Waals surface area contributed by atoms with Crippen LogP contribution >= 0.6 is 11.6 Å². The molecule has 1 atom stereocenters. The van der Waals surface area contributed by atoms with Gasteiger partial charge in [0.15, 0.2) is 12.4 Å². The molecule has 0 spiro atoms. The zero-order valence-electron chi connectivity index (χ0n) is 9.98. The predicted molar refractivity (Wildman–Crippen MR) is 70.1 cm³/mol. The molecule has 1 amide bonds. The summed E-state index contributed by atoms with van der Waals surface area (Å²) in [6.45, 7) is 5.46. The van der Waals surface area contributed by atoms with Crippen LogP contribution in [0.1, 0.15) is 17.3 Å². The van der Waals surface area contributed by atoms with E-state index in [0.29, 0.717) is 29.2 Å².